The van der Waals surface area contributed by atoms with E-state index < -0.39 is 0 Å². The fraction of sp³-hybridized carbons (Fsp3) is 0.500. The lowest BCUT2D eigenvalue weighted by atomic mass is 10.1. The molecule has 1 aliphatic heterocycles. The first kappa shape index (κ1) is 12.9. The predicted octanol–water partition coefficient (Wildman–Crippen LogP) is 2.31. The molecule has 0 aliphatic carbocycles. The first-order valence-corrected chi connectivity index (χ1v) is 6.37. The minimum atomic E-state index is -0.345. The number of benzene rings is 1. The van der Waals surface area contributed by atoms with Gasteiger partial charge in [0.2, 0.25) is 0 Å². The topological polar surface area (TPSA) is 49.8 Å². The van der Waals surface area contributed by atoms with Crippen molar-refractivity contribution in [3.05, 3.63) is 24.3 Å². The highest BCUT2D eigenvalue weighted by Gasteiger charge is 2.31. The van der Waals surface area contributed by atoms with E-state index in [9.17, 15) is 9.90 Å². The zero-order valence-corrected chi connectivity index (χ0v) is 10.8. The predicted molar refractivity (Wildman–Crippen MR) is 69.7 cm³/mol. The number of hydrogen-bond donors (Lipinski definition) is 1. The van der Waals surface area contributed by atoms with Gasteiger partial charge < -0.3 is 14.7 Å². The summed E-state index contributed by atoms with van der Waals surface area (Å²) in [5.74, 6) is 0.145. The second-order valence-corrected chi connectivity index (χ2v) is 4.62. The normalized spacial score (nSPS) is 23.0. The van der Waals surface area contributed by atoms with Crippen molar-refractivity contribution in [3.63, 3.8) is 0 Å². The van der Waals surface area contributed by atoms with Crippen LogP contribution in [0.3, 0.4) is 0 Å². The van der Waals surface area contributed by atoms with Crippen molar-refractivity contribution in [1.82, 2.24) is 0 Å². The molecule has 2 unspecified atom stereocenters. The maximum Gasteiger partial charge on any atom is 0.256 e. The van der Waals surface area contributed by atoms with Crippen LogP contribution in [0.15, 0.2) is 24.3 Å². The molecule has 18 heavy (non-hydrogen) atoms. The quantitative estimate of drug-likeness (QED) is 0.894. The maximum atomic E-state index is 12.4. The fourth-order valence-electron chi connectivity index (χ4n) is 2.28. The number of rotatable bonds is 3. The number of nitrogens with zero attached hydrogens (tertiary/aromatic N) is 1. The maximum absolute atomic E-state index is 12.4. The van der Waals surface area contributed by atoms with Crippen LogP contribution in [-0.2, 0) is 9.53 Å². The molecular weight excluding hydrogens is 230 g/mol. The summed E-state index contributed by atoms with van der Waals surface area (Å²) in [6, 6.07) is 6.74. The third-order valence-electron chi connectivity index (χ3n) is 3.23. The van der Waals surface area contributed by atoms with Gasteiger partial charge in [-0.25, -0.2) is 0 Å². The SMILES string of the molecule is CCN(C(=O)C1CCC(C)O1)c1cccc(O)c1. The summed E-state index contributed by atoms with van der Waals surface area (Å²) >= 11 is 0. The summed E-state index contributed by atoms with van der Waals surface area (Å²) in [4.78, 5) is 14.0. The summed E-state index contributed by atoms with van der Waals surface area (Å²) in [6.07, 6.45) is 1.51. The van der Waals surface area contributed by atoms with Crippen molar-refractivity contribution in [2.45, 2.75) is 38.9 Å². The number of phenols is 1. The number of anilines is 1. The molecule has 1 saturated heterocycles. The molecule has 4 heteroatoms. The van der Waals surface area contributed by atoms with Gasteiger partial charge in [-0.15, -0.1) is 0 Å². The van der Waals surface area contributed by atoms with Gasteiger partial charge in [-0.3, -0.25) is 4.79 Å². The van der Waals surface area contributed by atoms with Gasteiger partial charge >= 0.3 is 0 Å². The molecule has 4 nitrogen and oxygen atoms in total. The van der Waals surface area contributed by atoms with Gasteiger partial charge in [-0.2, -0.15) is 0 Å². The van der Waals surface area contributed by atoms with E-state index in [-0.39, 0.29) is 23.9 Å². The van der Waals surface area contributed by atoms with Gasteiger partial charge in [0.1, 0.15) is 11.9 Å². The van der Waals surface area contributed by atoms with Gasteiger partial charge in [0.25, 0.3) is 5.91 Å². The van der Waals surface area contributed by atoms with Crippen molar-refractivity contribution < 1.29 is 14.6 Å². The van der Waals surface area contributed by atoms with E-state index in [4.69, 9.17) is 4.74 Å². The number of carbonyl (C=O) groups is 1. The van der Waals surface area contributed by atoms with Gasteiger partial charge in [0, 0.05) is 18.3 Å². The average Bonchev–Trinajstić information content (AvgIpc) is 2.77. The highest BCUT2D eigenvalue weighted by atomic mass is 16.5. The van der Waals surface area contributed by atoms with Crippen LogP contribution >= 0.6 is 0 Å². The highest BCUT2D eigenvalue weighted by Crippen LogP contribution is 2.25. The third-order valence-corrected chi connectivity index (χ3v) is 3.23. The van der Waals surface area contributed by atoms with E-state index in [0.29, 0.717) is 12.2 Å². The molecule has 0 saturated carbocycles. The summed E-state index contributed by atoms with van der Waals surface area (Å²) in [7, 11) is 0. The number of ether oxygens (including phenoxy) is 1. The van der Waals surface area contributed by atoms with Crippen molar-refractivity contribution in [1.29, 1.82) is 0 Å². The van der Waals surface area contributed by atoms with E-state index in [1.165, 1.54) is 0 Å². The van der Waals surface area contributed by atoms with E-state index in [1.807, 2.05) is 19.9 Å². The summed E-state index contributed by atoms with van der Waals surface area (Å²) < 4.78 is 5.60. The first-order valence-electron chi connectivity index (χ1n) is 6.37. The van der Waals surface area contributed by atoms with Crippen molar-refractivity contribution in [2.24, 2.45) is 0 Å². The van der Waals surface area contributed by atoms with Crippen LogP contribution in [0.2, 0.25) is 0 Å². The standard InChI is InChI=1S/C14H19NO3/c1-3-15(11-5-4-6-12(16)9-11)14(17)13-8-7-10(2)18-13/h4-6,9-10,13,16H,3,7-8H2,1-2H3. The zero-order valence-electron chi connectivity index (χ0n) is 10.8. The Morgan fingerprint density at radius 1 is 1.50 bits per heavy atom. The number of aromatic hydroxyl groups is 1. The zero-order chi connectivity index (χ0) is 13.1. The fourth-order valence-corrected chi connectivity index (χ4v) is 2.28. The molecule has 0 spiro atoms. The summed E-state index contributed by atoms with van der Waals surface area (Å²) in [6.45, 7) is 4.47. The number of hydrogen-bond acceptors (Lipinski definition) is 3. The Labute approximate surface area is 107 Å². The largest absolute Gasteiger partial charge is 0.508 e. The lowest BCUT2D eigenvalue weighted by Crippen LogP contribution is -2.39. The van der Waals surface area contributed by atoms with Gasteiger partial charge in [0.05, 0.1) is 6.10 Å². The van der Waals surface area contributed by atoms with E-state index in [0.717, 1.165) is 12.8 Å². The Morgan fingerprint density at radius 2 is 2.28 bits per heavy atom. The third kappa shape index (κ3) is 2.64. The first-order chi connectivity index (χ1) is 8.61. The molecule has 1 fully saturated rings. The average molecular weight is 249 g/mol. The van der Waals surface area contributed by atoms with Crippen LogP contribution in [0, 0.1) is 0 Å². The summed E-state index contributed by atoms with van der Waals surface area (Å²) in [5.41, 5.74) is 0.714. The molecular formula is C14H19NO3. The molecule has 2 atom stereocenters. The van der Waals surface area contributed by atoms with E-state index in [1.54, 1.807) is 23.1 Å². The van der Waals surface area contributed by atoms with Gasteiger partial charge in [0.15, 0.2) is 0 Å². The Morgan fingerprint density at radius 3 is 2.83 bits per heavy atom. The summed E-state index contributed by atoms with van der Waals surface area (Å²) in [5, 5.41) is 9.48. The Kier molecular flexibility index (Phi) is 3.87. The van der Waals surface area contributed by atoms with Crippen LogP contribution in [-0.4, -0.2) is 29.8 Å². The van der Waals surface area contributed by atoms with E-state index in [2.05, 4.69) is 0 Å². The molecule has 1 aromatic carbocycles. The minimum Gasteiger partial charge on any atom is -0.508 e. The van der Waals surface area contributed by atoms with Gasteiger partial charge in [-0.05, 0) is 38.8 Å². The number of amides is 1. The molecule has 1 amide bonds. The molecule has 2 rings (SSSR count). The molecule has 0 bridgehead atoms. The Hall–Kier alpha value is -1.55. The lowest BCUT2D eigenvalue weighted by molar-refractivity contribution is -0.128. The van der Waals surface area contributed by atoms with Crippen LogP contribution < -0.4 is 4.90 Å². The van der Waals surface area contributed by atoms with Crippen LogP contribution in [0.4, 0.5) is 5.69 Å². The number of carbonyl (C=O) groups excluding carboxylic acids is 1. The number of likely N-dealkylation sites (N-methyl/N-ethyl adjacent to an activating group) is 1. The second kappa shape index (κ2) is 5.40. The van der Waals surface area contributed by atoms with Crippen molar-refractivity contribution in [2.75, 3.05) is 11.4 Å². The van der Waals surface area contributed by atoms with Crippen molar-refractivity contribution in [3.8, 4) is 5.75 Å². The van der Waals surface area contributed by atoms with E-state index >= 15 is 0 Å². The monoisotopic (exact) mass is 249 g/mol. The number of phenolic OH excluding ortho intramolecular Hbond substituents is 1. The molecule has 1 aliphatic rings. The van der Waals surface area contributed by atoms with Gasteiger partial charge in [-0.1, -0.05) is 6.07 Å². The Balaban J connectivity index is 2.15. The molecule has 1 aromatic rings. The minimum absolute atomic E-state index is 0.0209. The molecule has 1 N–H and O–H groups in total. The Bertz CT molecular complexity index is 433. The second-order valence-electron chi connectivity index (χ2n) is 4.62. The smallest absolute Gasteiger partial charge is 0.256 e. The molecule has 0 radical (unpaired) electrons. The highest BCUT2D eigenvalue weighted by molar-refractivity contribution is 5.96. The van der Waals surface area contributed by atoms with Crippen molar-refractivity contribution >= 4 is 11.6 Å². The van der Waals surface area contributed by atoms with Crippen LogP contribution in [0.5, 0.6) is 5.75 Å². The molecule has 0 aromatic heterocycles. The van der Waals surface area contributed by atoms with Crippen LogP contribution in [0.25, 0.3) is 0 Å². The molecule has 98 valence electrons. The van der Waals surface area contributed by atoms with Crippen LogP contribution in [0.1, 0.15) is 26.7 Å². The lowest BCUT2D eigenvalue weighted by Gasteiger charge is -2.24. The molecule has 1 heterocycles.